The number of aryl methyl sites for hydroxylation is 1. The molecule has 0 atom stereocenters. The van der Waals surface area contributed by atoms with E-state index in [1.807, 2.05) is 24.3 Å². The fourth-order valence-corrected chi connectivity index (χ4v) is 2.29. The van der Waals surface area contributed by atoms with Crippen LogP contribution in [0.3, 0.4) is 0 Å². The van der Waals surface area contributed by atoms with Gasteiger partial charge in [0.2, 0.25) is 0 Å². The van der Waals surface area contributed by atoms with Gasteiger partial charge in [0.1, 0.15) is 11.4 Å². The Morgan fingerprint density at radius 3 is 2.85 bits per heavy atom. The van der Waals surface area contributed by atoms with E-state index >= 15 is 0 Å². The number of halogens is 1. The maximum absolute atomic E-state index is 11.3. The minimum atomic E-state index is -1.01. The summed E-state index contributed by atoms with van der Waals surface area (Å²) >= 11 is 3.24. The number of para-hydroxylation sites is 1. The topological polar surface area (TPSA) is 62.2 Å². The SMILES string of the molecule is CCCc1ccccc1Nc1ncc(Br)cc1C(=O)O. The van der Waals surface area contributed by atoms with Crippen molar-refractivity contribution in [2.24, 2.45) is 0 Å². The van der Waals surface area contributed by atoms with Gasteiger partial charge in [-0.2, -0.15) is 0 Å². The Morgan fingerprint density at radius 1 is 1.40 bits per heavy atom. The second-order valence-electron chi connectivity index (χ2n) is 4.39. The number of anilines is 2. The molecule has 104 valence electrons. The third kappa shape index (κ3) is 3.36. The molecule has 2 rings (SSSR count). The smallest absolute Gasteiger partial charge is 0.339 e. The van der Waals surface area contributed by atoms with Crippen LogP contribution in [0, 0.1) is 0 Å². The lowest BCUT2D eigenvalue weighted by Crippen LogP contribution is -2.06. The summed E-state index contributed by atoms with van der Waals surface area (Å²) in [7, 11) is 0. The van der Waals surface area contributed by atoms with Gasteiger partial charge in [0.05, 0.1) is 0 Å². The normalized spacial score (nSPS) is 10.3. The van der Waals surface area contributed by atoms with Crippen molar-refractivity contribution in [2.45, 2.75) is 19.8 Å². The number of nitrogens with one attached hydrogen (secondary N) is 1. The van der Waals surface area contributed by atoms with Crippen LogP contribution >= 0.6 is 15.9 Å². The monoisotopic (exact) mass is 334 g/mol. The number of nitrogens with zero attached hydrogens (tertiary/aromatic N) is 1. The second kappa shape index (κ2) is 6.52. The molecule has 2 aromatic rings. The number of pyridine rings is 1. The summed E-state index contributed by atoms with van der Waals surface area (Å²) in [6, 6.07) is 9.40. The average molecular weight is 335 g/mol. The highest BCUT2D eigenvalue weighted by molar-refractivity contribution is 9.10. The minimum Gasteiger partial charge on any atom is -0.478 e. The second-order valence-corrected chi connectivity index (χ2v) is 5.30. The van der Waals surface area contributed by atoms with Crippen molar-refractivity contribution in [3.63, 3.8) is 0 Å². The molecule has 0 saturated carbocycles. The van der Waals surface area contributed by atoms with Crippen molar-refractivity contribution < 1.29 is 9.90 Å². The van der Waals surface area contributed by atoms with Crippen molar-refractivity contribution in [1.82, 2.24) is 4.98 Å². The Labute approximate surface area is 126 Å². The van der Waals surface area contributed by atoms with Gasteiger partial charge in [-0.3, -0.25) is 0 Å². The molecule has 4 nitrogen and oxygen atoms in total. The predicted molar refractivity (Wildman–Crippen MR) is 82.6 cm³/mol. The number of carbonyl (C=O) groups is 1. The van der Waals surface area contributed by atoms with Gasteiger partial charge in [-0.05, 0) is 40.0 Å². The van der Waals surface area contributed by atoms with Crippen molar-refractivity contribution in [2.75, 3.05) is 5.32 Å². The van der Waals surface area contributed by atoms with E-state index in [2.05, 4.69) is 33.2 Å². The molecule has 0 unspecified atom stereocenters. The van der Waals surface area contributed by atoms with Crippen LogP contribution in [0.1, 0.15) is 29.3 Å². The van der Waals surface area contributed by atoms with E-state index in [1.54, 1.807) is 12.3 Å². The minimum absolute atomic E-state index is 0.144. The first-order valence-corrected chi connectivity index (χ1v) is 7.15. The van der Waals surface area contributed by atoms with E-state index in [1.165, 1.54) is 0 Å². The van der Waals surface area contributed by atoms with Gasteiger partial charge in [0, 0.05) is 16.4 Å². The van der Waals surface area contributed by atoms with Crippen LogP contribution in [0.15, 0.2) is 41.0 Å². The first kappa shape index (κ1) is 14.5. The number of rotatable bonds is 5. The lowest BCUT2D eigenvalue weighted by molar-refractivity contribution is 0.0697. The molecule has 0 radical (unpaired) electrons. The van der Waals surface area contributed by atoms with E-state index < -0.39 is 5.97 Å². The molecule has 2 N–H and O–H groups in total. The summed E-state index contributed by atoms with van der Waals surface area (Å²) in [6.45, 7) is 2.11. The largest absolute Gasteiger partial charge is 0.478 e. The zero-order valence-corrected chi connectivity index (χ0v) is 12.6. The Morgan fingerprint density at radius 2 is 2.15 bits per heavy atom. The fraction of sp³-hybridized carbons (Fsp3) is 0.200. The zero-order valence-electron chi connectivity index (χ0n) is 11.1. The lowest BCUT2D eigenvalue weighted by Gasteiger charge is -2.12. The standard InChI is InChI=1S/C15H15BrN2O2/c1-2-5-10-6-3-4-7-13(10)18-14-12(15(19)20)8-11(16)9-17-14/h3-4,6-9H,2,5H2,1H3,(H,17,18)(H,19,20). The summed E-state index contributed by atoms with van der Waals surface area (Å²) in [5.41, 5.74) is 2.19. The molecule has 0 spiro atoms. The van der Waals surface area contributed by atoms with Crippen LogP contribution in [0.2, 0.25) is 0 Å². The summed E-state index contributed by atoms with van der Waals surface area (Å²) in [5.74, 6) is -0.654. The Balaban J connectivity index is 2.37. The van der Waals surface area contributed by atoms with Crippen molar-refractivity contribution >= 4 is 33.4 Å². The maximum Gasteiger partial charge on any atom is 0.339 e. The molecule has 0 aliphatic rings. The molecule has 1 aromatic heterocycles. The third-order valence-corrected chi connectivity index (χ3v) is 3.31. The van der Waals surface area contributed by atoms with E-state index in [9.17, 15) is 9.90 Å². The van der Waals surface area contributed by atoms with Crippen LogP contribution in [0.5, 0.6) is 0 Å². The van der Waals surface area contributed by atoms with Gasteiger partial charge >= 0.3 is 5.97 Å². The van der Waals surface area contributed by atoms with Crippen LogP contribution in [0.25, 0.3) is 0 Å². The molecular formula is C15H15BrN2O2. The molecule has 1 heterocycles. The maximum atomic E-state index is 11.3. The van der Waals surface area contributed by atoms with Gasteiger partial charge in [-0.15, -0.1) is 0 Å². The average Bonchev–Trinajstić information content (AvgIpc) is 2.43. The molecule has 1 aromatic carbocycles. The molecule has 5 heteroatoms. The van der Waals surface area contributed by atoms with E-state index in [0.29, 0.717) is 10.3 Å². The Kier molecular flexibility index (Phi) is 4.74. The molecule has 0 aliphatic carbocycles. The molecule has 0 fully saturated rings. The fourth-order valence-electron chi connectivity index (χ4n) is 1.96. The summed E-state index contributed by atoms with van der Waals surface area (Å²) in [5, 5.41) is 12.4. The van der Waals surface area contributed by atoms with Gasteiger partial charge < -0.3 is 10.4 Å². The quantitative estimate of drug-likeness (QED) is 0.858. The molecule has 0 saturated heterocycles. The Bertz CT molecular complexity index is 629. The summed E-state index contributed by atoms with van der Waals surface area (Å²) in [4.78, 5) is 15.4. The highest BCUT2D eigenvalue weighted by Gasteiger charge is 2.13. The highest BCUT2D eigenvalue weighted by Crippen LogP contribution is 2.25. The summed E-state index contributed by atoms with van der Waals surface area (Å²) < 4.78 is 0.641. The molecule has 20 heavy (non-hydrogen) atoms. The van der Waals surface area contributed by atoms with Crippen molar-refractivity contribution in [1.29, 1.82) is 0 Å². The number of carboxylic acids is 1. The number of hydrogen-bond acceptors (Lipinski definition) is 3. The van der Waals surface area contributed by atoms with Crippen LogP contribution in [-0.2, 0) is 6.42 Å². The zero-order chi connectivity index (χ0) is 14.5. The number of carboxylic acid groups (broad SMARTS) is 1. The molecular weight excluding hydrogens is 320 g/mol. The summed E-state index contributed by atoms with van der Waals surface area (Å²) in [6.07, 6.45) is 3.54. The predicted octanol–water partition coefficient (Wildman–Crippen LogP) is 4.24. The van der Waals surface area contributed by atoms with Crippen LogP contribution in [0.4, 0.5) is 11.5 Å². The number of aromatic carboxylic acids is 1. The van der Waals surface area contributed by atoms with Crippen LogP contribution < -0.4 is 5.32 Å². The highest BCUT2D eigenvalue weighted by atomic mass is 79.9. The van der Waals surface area contributed by atoms with Gasteiger partial charge in [-0.1, -0.05) is 31.5 Å². The molecule has 0 bridgehead atoms. The van der Waals surface area contributed by atoms with Crippen LogP contribution in [-0.4, -0.2) is 16.1 Å². The van der Waals surface area contributed by atoms with Crippen molar-refractivity contribution in [3.8, 4) is 0 Å². The van der Waals surface area contributed by atoms with E-state index in [0.717, 1.165) is 24.1 Å². The number of hydrogen-bond donors (Lipinski definition) is 2. The first-order chi connectivity index (χ1) is 9.61. The van der Waals surface area contributed by atoms with E-state index in [-0.39, 0.29) is 5.56 Å². The van der Waals surface area contributed by atoms with Crippen molar-refractivity contribution in [3.05, 3.63) is 52.1 Å². The Hall–Kier alpha value is -1.88. The number of aromatic nitrogens is 1. The van der Waals surface area contributed by atoms with Gasteiger partial charge in [-0.25, -0.2) is 9.78 Å². The number of benzene rings is 1. The van der Waals surface area contributed by atoms with E-state index in [4.69, 9.17) is 0 Å². The van der Waals surface area contributed by atoms with Gasteiger partial charge in [0.15, 0.2) is 0 Å². The molecule has 0 aliphatic heterocycles. The van der Waals surface area contributed by atoms with Gasteiger partial charge in [0.25, 0.3) is 0 Å². The lowest BCUT2D eigenvalue weighted by atomic mass is 10.1. The molecule has 0 amide bonds. The third-order valence-electron chi connectivity index (χ3n) is 2.87. The first-order valence-electron chi connectivity index (χ1n) is 6.35.